The van der Waals surface area contributed by atoms with E-state index in [0.717, 1.165) is 4.31 Å². The van der Waals surface area contributed by atoms with Crippen molar-refractivity contribution in [1.82, 2.24) is 9.03 Å². The quantitative estimate of drug-likeness (QED) is 0.600. The Labute approximate surface area is 112 Å². The lowest BCUT2D eigenvalue weighted by Gasteiger charge is -2.34. The molecule has 1 aliphatic heterocycles. The number of aliphatic carboxylic acids is 1. The summed E-state index contributed by atoms with van der Waals surface area (Å²) < 4.78 is 27.4. The Morgan fingerprint density at radius 1 is 1.37 bits per heavy atom. The summed E-state index contributed by atoms with van der Waals surface area (Å²) in [5, 5.41) is 9.05. The average molecular weight is 293 g/mol. The van der Waals surface area contributed by atoms with Crippen LogP contribution in [0.25, 0.3) is 0 Å². The monoisotopic (exact) mass is 293 g/mol. The van der Waals surface area contributed by atoms with Gasteiger partial charge in [-0.05, 0) is 33.1 Å². The van der Waals surface area contributed by atoms with E-state index in [-0.39, 0.29) is 13.0 Å². The number of carbonyl (C=O) groups is 2. The van der Waals surface area contributed by atoms with Gasteiger partial charge in [-0.2, -0.15) is 17.4 Å². The number of carboxylic acid groups (broad SMARTS) is 1. The first-order chi connectivity index (χ1) is 8.58. The van der Waals surface area contributed by atoms with Crippen LogP contribution in [0.3, 0.4) is 0 Å². The molecule has 1 atom stereocenters. The molecule has 1 aliphatic rings. The molecular weight excluding hydrogens is 274 g/mol. The van der Waals surface area contributed by atoms with Gasteiger partial charge in [0, 0.05) is 6.54 Å². The molecule has 110 valence electrons. The van der Waals surface area contributed by atoms with E-state index < -0.39 is 33.7 Å². The summed E-state index contributed by atoms with van der Waals surface area (Å²) in [5.41, 5.74) is 3.63. The number of primary amides is 1. The molecule has 1 fully saturated rings. The number of hydrogen-bond donors (Lipinski definition) is 3. The van der Waals surface area contributed by atoms with Crippen molar-refractivity contribution < 1.29 is 23.1 Å². The molecule has 1 heterocycles. The standard InChI is InChI=1S/C10H19N3O5S/c1-10(2,9(11)16)12-19(17,18)13-6-4-3-5-7(13)8(14)15/h7,12H,3-6H2,1-2H3,(H2,11,16)(H,14,15). The fourth-order valence-corrected chi connectivity index (χ4v) is 3.63. The van der Waals surface area contributed by atoms with Gasteiger partial charge >= 0.3 is 5.97 Å². The Bertz CT molecular complexity index is 474. The summed E-state index contributed by atoms with van der Waals surface area (Å²) >= 11 is 0. The van der Waals surface area contributed by atoms with E-state index in [9.17, 15) is 18.0 Å². The van der Waals surface area contributed by atoms with E-state index in [0.29, 0.717) is 12.8 Å². The Morgan fingerprint density at radius 2 is 1.95 bits per heavy atom. The fraction of sp³-hybridized carbons (Fsp3) is 0.800. The van der Waals surface area contributed by atoms with Gasteiger partial charge in [-0.15, -0.1) is 0 Å². The summed E-state index contributed by atoms with van der Waals surface area (Å²) in [4.78, 5) is 22.2. The molecule has 0 spiro atoms. The van der Waals surface area contributed by atoms with Gasteiger partial charge in [0.2, 0.25) is 5.91 Å². The Hall–Kier alpha value is -1.19. The first-order valence-corrected chi connectivity index (χ1v) is 7.35. The van der Waals surface area contributed by atoms with Crippen molar-refractivity contribution in [3.8, 4) is 0 Å². The van der Waals surface area contributed by atoms with Gasteiger partial charge in [0.15, 0.2) is 0 Å². The topological polar surface area (TPSA) is 130 Å². The largest absolute Gasteiger partial charge is 0.480 e. The number of carbonyl (C=O) groups excluding carboxylic acids is 1. The second-order valence-electron chi connectivity index (χ2n) is 5.06. The van der Waals surface area contributed by atoms with E-state index >= 15 is 0 Å². The zero-order valence-electron chi connectivity index (χ0n) is 10.9. The van der Waals surface area contributed by atoms with E-state index in [4.69, 9.17) is 10.8 Å². The van der Waals surface area contributed by atoms with Gasteiger partial charge in [-0.25, -0.2) is 0 Å². The van der Waals surface area contributed by atoms with Crippen LogP contribution in [0.2, 0.25) is 0 Å². The third-order valence-electron chi connectivity index (χ3n) is 3.05. The van der Waals surface area contributed by atoms with E-state index in [1.807, 2.05) is 0 Å². The number of piperidine rings is 1. The molecule has 0 radical (unpaired) electrons. The molecule has 1 rings (SSSR count). The number of rotatable bonds is 5. The number of hydrogen-bond acceptors (Lipinski definition) is 4. The summed E-state index contributed by atoms with van der Waals surface area (Å²) in [7, 11) is -4.08. The Kier molecular flexibility index (Phi) is 4.54. The van der Waals surface area contributed by atoms with Gasteiger partial charge in [0.05, 0.1) is 0 Å². The third-order valence-corrected chi connectivity index (χ3v) is 4.87. The fourth-order valence-electron chi connectivity index (χ4n) is 1.87. The molecule has 8 nitrogen and oxygen atoms in total. The molecule has 4 N–H and O–H groups in total. The molecule has 9 heteroatoms. The zero-order chi connectivity index (χ0) is 14.8. The number of nitrogens with zero attached hydrogens (tertiary/aromatic N) is 1. The van der Waals surface area contributed by atoms with Crippen LogP contribution >= 0.6 is 0 Å². The van der Waals surface area contributed by atoms with Crippen LogP contribution in [0, 0.1) is 0 Å². The van der Waals surface area contributed by atoms with Crippen molar-refractivity contribution in [1.29, 1.82) is 0 Å². The summed E-state index contributed by atoms with van der Waals surface area (Å²) in [6, 6.07) is -1.10. The van der Waals surface area contributed by atoms with Crippen LogP contribution in [0.15, 0.2) is 0 Å². The minimum absolute atomic E-state index is 0.112. The highest BCUT2D eigenvalue weighted by atomic mass is 32.2. The van der Waals surface area contributed by atoms with Crippen molar-refractivity contribution >= 4 is 22.1 Å². The Morgan fingerprint density at radius 3 is 2.42 bits per heavy atom. The zero-order valence-corrected chi connectivity index (χ0v) is 11.7. The summed E-state index contributed by atoms with van der Waals surface area (Å²) in [6.45, 7) is 2.76. The van der Waals surface area contributed by atoms with Gasteiger partial charge < -0.3 is 10.8 Å². The van der Waals surface area contributed by atoms with Gasteiger partial charge in [0.25, 0.3) is 10.2 Å². The van der Waals surface area contributed by atoms with Gasteiger partial charge in [0.1, 0.15) is 11.6 Å². The van der Waals surface area contributed by atoms with Crippen LogP contribution in [0.1, 0.15) is 33.1 Å². The highest BCUT2D eigenvalue weighted by Crippen LogP contribution is 2.21. The van der Waals surface area contributed by atoms with E-state index in [1.165, 1.54) is 13.8 Å². The van der Waals surface area contributed by atoms with Crippen LogP contribution in [0.5, 0.6) is 0 Å². The minimum atomic E-state index is -4.08. The average Bonchev–Trinajstić information content (AvgIpc) is 2.27. The summed E-state index contributed by atoms with van der Waals surface area (Å²) in [5.74, 6) is -2.03. The highest BCUT2D eigenvalue weighted by Gasteiger charge is 2.40. The second-order valence-corrected chi connectivity index (χ2v) is 6.68. The molecule has 1 amide bonds. The molecule has 0 bridgehead atoms. The predicted molar refractivity (Wildman–Crippen MR) is 67.3 cm³/mol. The molecule has 1 unspecified atom stereocenters. The van der Waals surface area contributed by atoms with Crippen molar-refractivity contribution in [3.63, 3.8) is 0 Å². The summed E-state index contributed by atoms with van der Waals surface area (Å²) in [6.07, 6.45) is 1.50. The maximum atomic E-state index is 12.2. The van der Waals surface area contributed by atoms with Gasteiger partial charge in [-0.3, -0.25) is 9.59 Å². The SMILES string of the molecule is CC(C)(NS(=O)(=O)N1CCCCC1C(=O)O)C(N)=O. The Balaban J connectivity index is 2.98. The number of nitrogens with one attached hydrogen (secondary N) is 1. The second kappa shape index (κ2) is 5.43. The molecular formula is C10H19N3O5S. The van der Waals surface area contributed by atoms with Gasteiger partial charge in [-0.1, -0.05) is 0 Å². The number of carboxylic acids is 1. The van der Waals surface area contributed by atoms with Crippen molar-refractivity contribution in [3.05, 3.63) is 0 Å². The molecule has 19 heavy (non-hydrogen) atoms. The van der Waals surface area contributed by atoms with Crippen LogP contribution in [0.4, 0.5) is 0 Å². The first-order valence-electron chi connectivity index (χ1n) is 5.91. The molecule has 0 aromatic rings. The van der Waals surface area contributed by atoms with Crippen LogP contribution in [-0.4, -0.2) is 47.8 Å². The third kappa shape index (κ3) is 3.64. The molecule has 0 saturated carbocycles. The lowest BCUT2D eigenvalue weighted by Crippen LogP contribution is -2.60. The normalized spacial score (nSPS) is 22.1. The number of nitrogens with two attached hydrogens (primary N) is 1. The van der Waals surface area contributed by atoms with Crippen molar-refractivity contribution in [2.75, 3.05) is 6.54 Å². The van der Waals surface area contributed by atoms with Crippen molar-refractivity contribution in [2.24, 2.45) is 5.73 Å². The molecule has 0 aromatic heterocycles. The van der Waals surface area contributed by atoms with Crippen LogP contribution in [-0.2, 0) is 19.8 Å². The molecule has 0 aromatic carbocycles. The first kappa shape index (κ1) is 15.9. The van der Waals surface area contributed by atoms with Crippen LogP contribution < -0.4 is 10.5 Å². The van der Waals surface area contributed by atoms with E-state index in [2.05, 4.69) is 4.72 Å². The number of amides is 1. The smallest absolute Gasteiger partial charge is 0.322 e. The molecule has 1 saturated heterocycles. The van der Waals surface area contributed by atoms with E-state index in [1.54, 1.807) is 0 Å². The minimum Gasteiger partial charge on any atom is -0.480 e. The predicted octanol–water partition coefficient (Wildman–Crippen LogP) is -0.976. The van der Waals surface area contributed by atoms with Crippen molar-refractivity contribution in [2.45, 2.75) is 44.7 Å². The maximum absolute atomic E-state index is 12.2. The lowest BCUT2D eigenvalue weighted by molar-refractivity contribution is -0.142. The molecule has 0 aliphatic carbocycles. The maximum Gasteiger partial charge on any atom is 0.322 e. The lowest BCUT2D eigenvalue weighted by atomic mass is 10.1. The highest BCUT2D eigenvalue weighted by molar-refractivity contribution is 7.87.